The maximum Gasteiger partial charge on any atom is 0.311 e. The number of rotatable bonds is 6. The topological polar surface area (TPSA) is 77.1 Å². The first-order valence-electron chi connectivity index (χ1n) is 12.6. The number of fused-ring (bicyclic) bond motifs is 5. The third kappa shape index (κ3) is 4.65. The van der Waals surface area contributed by atoms with Gasteiger partial charge in [0.05, 0.1) is 24.6 Å². The molecule has 38 heavy (non-hydrogen) atoms. The Morgan fingerprint density at radius 2 is 1.89 bits per heavy atom. The highest BCUT2D eigenvalue weighted by Gasteiger charge is 2.37. The molecule has 1 aromatic heterocycles. The van der Waals surface area contributed by atoms with Crippen molar-refractivity contribution in [1.82, 2.24) is 4.90 Å². The van der Waals surface area contributed by atoms with E-state index in [-0.39, 0.29) is 30.4 Å². The zero-order valence-electron chi connectivity index (χ0n) is 22.5. The number of esters is 1. The van der Waals surface area contributed by atoms with Crippen LogP contribution in [-0.4, -0.2) is 43.5 Å². The maximum absolute atomic E-state index is 12.6. The van der Waals surface area contributed by atoms with E-state index in [1.165, 1.54) is 10.5 Å². The lowest BCUT2D eigenvalue weighted by Gasteiger charge is -2.37. The van der Waals surface area contributed by atoms with Gasteiger partial charge in [0.15, 0.2) is 17.6 Å². The van der Waals surface area contributed by atoms with Gasteiger partial charge in [-0.15, -0.1) is 11.3 Å². The molecule has 8 heteroatoms. The minimum absolute atomic E-state index is 0.0241. The average molecular weight is 533 g/mol. The highest BCUT2D eigenvalue weighted by molar-refractivity contribution is 7.10. The SMILES string of the molecule is COc1c(OC(=O)CCC(=O)N(C)C)ccc2c1-c1ccc3c(c1C(c1cccs1)O2)C(C)=CC(C)(C)N3. The number of methoxy groups -OCH3 is 1. The molecule has 1 atom stereocenters. The smallest absolute Gasteiger partial charge is 0.311 e. The Hall–Kier alpha value is -3.78. The van der Waals surface area contributed by atoms with Gasteiger partial charge < -0.3 is 24.4 Å². The summed E-state index contributed by atoms with van der Waals surface area (Å²) in [6.45, 7) is 6.43. The van der Waals surface area contributed by atoms with Crippen LogP contribution in [0.5, 0.6) is 17.2 Å². The predicted octanol–water partition coefficient (Wildman–Crippen LogP) is 6.29. The van der Waals surface area contributed by atoms with Crippen molar-refractivity contribution in [2.75, 3.05) is 26.5 Å². The Balaban J connectivity index is 1.62. The Morgan fingerprint density at radius 1 is 1.11 bits per heavy atom. The standard InChI is InChI=1S/C30H32N2O5S/c1-17-16-30(2,3)31-19-10-9-18-26-20(37-29(27(18)25(17)19)22-8-7-15-38-22)11-12-21(28(26)35-6)36-24(34)14-13-23(33)32(4)5/h7-12,15-16,29,31H,13-14H2,1-6H3. The van der Waals surface area contributed by atoms with Gasteiger partial charge in [-0.05, 0) is 61.6 Å². The van der Waals surface area contributed by atoms with Gasteiger partial charge in [-0.2, -0.15) is 0 Å². The van der Waals surface area contributed by atoms with Crippen molar-refractivity contribution in [3.05, 3.63) is 63.9 Å². The van der Waals surface area contributed by atoms with Crippen molar-refractivity contribution in [2.24, 2.45) is 0 Å². The second kappa shape index (κ2) is 9.83. The fourth-order valence-electron chi connectivity index (χ4n) is 5.25. The van der Waals surface area contributed by atoms with E-state index in [0.29, 0.717) is 17.2 Å². The minimum Gasteiger partial charge on any atom is -0.492 e. The molecule has 7 nitrogen and oxygen atoms in total. The summed E-state index contributed by atoms with van der Waals surface area (Å²) in [7, 11) is 4.88. The molecule has 2 aliphatic heterocycles. The lowest BCUT2D eigenvalue weighted by Crippen LogP contribution is -2.32. The van der Waals surface area contributed by atoms with Gasteiger partial charge in [0, 0.05) is 42.2 Å². The molecule has 3 heterocycles. The van der Waals surface area contributed by atoms with Gasteiger partial charge in [0.1, 0.15) is 5.75 Å². The Labute approximate surface area is 227 Å². The first-order valence-corrected chi connectivity index (χ1v) is 13.4. The second-order valence-corrected chi connectivity index (χ2v) is 11.3. The van der Waals surface area contributed by atoms with E-state index in [1.807, 2.05) is 12.1 Å². The normalized spacial score (nSPS) is 16.6. The van der Waals surface area contributed by atoms with E-state index in [4.69, 9.17) is 14.2 Å². The summed E-state index contributed by atoms with van der Waals surface area (Å²) >= 11 is 1.65. The van der Waals surface area contributed by atoms with Gasteiger partial charge in [-0.25, -0.2) is 0 Å². The first kappa shape index (κ1) is 25.9. The van der Waals surface area contributed by atoms with Crippen molar-refractivity contribution in [1.29, 1.82) is 0 Å². The number of nitrogens with zero attached hydrogens (tertiary/aromatic N) is 1. The number of hydrogen-bond acceptors (Lipinski definition) is 7. The number of allylic oxidation sites excluding steroid dienone is 1. The highest BCUT2D eigenvalue weighted by Crippen LogP contribution is 2.55. The van der Waals surface area contributed by atoms with E-state index in [2.05, 4.69) is 55.7 Å². The van der Waals surface area contributed by atoms with Crippen molar-refractivity contribution in [3.8, 4) is 28.4 Å². The fraction of sp³-hybridized carbons (Fsp3) is 0.333. The Morgan fingerprint density at radius 3 is 2.58 bits per heavy atom. The van der Waals surface area contributed by atoms with Gasteiger partial charge in [-0.3, -0.25) is 9.59 Å². The number of carbonyl (C=O) groups excluding carboxylic acids is 2. The minimum atomic E-state index is -0.498. The summed E-state index contributed by atoms with van der Waals surface area (Å²) in [4.78, 5) is 27.1. The van der Waals surface area contributed by atoms with E-state index in [1.54, 1.807) is 38.6 Å². The summed E-state index contributed by atoms with van der Waals surface area (Å²) in [5.41, 5.74) is 5.91. The van der Waals surface area contributed by atoms with Gasteiger partial charge in [0.2, 0.25) is 5.91 Å². The number of hydrogen-bond donors (Lipinski definition) is 1. The molecular formula is C30H32N2O5S. The van der Waals surface area contributed by atoms with Crippen LogP contribution in [0.15, 0.2) is 47.9 Å². The number of carbonyl (C=O) groups is 2. The van der Waals surface area contributed by atoms with Crippen LogP contribution >= 0.6 is 11.3 Å². The summed E-state index contributed by atoms with van der Waals surface area (Å²) < 4.78 is 18.2. The van der Waals surface area contributed by atoms with Crippen LogP contribution in [-0.2, 0) is 9.59 Å². The van der Waals surface area contributed by atoms with Crippen molar-refractivity contribution >= 4 is 34.5 Å². The molecule has 0 fully saturated rings. The van der Waals surface area contributed by atoms with Crippen LogP contribution in [0.3, 0.4) is 0 Å². The largest absolute Gasteiger partial charge is 0.492 e. The van der Waals surface area contributed by atoms with Crippen molar-refractivity contribution in [3.63, 3.8) is 0 Å². The predicted molar refractivity (Wildman–Crippen MR) is 150 cm³/mol. The van der Waals surface area contributed by atoms with E-state index in [0.717, 1.165) is 32.8 Å². The van der Waals surface area contributed by atoms with Crippen LogP contribution in [0.4, 0.5) is 5.69 Å². The number of amides is 1. The molecule has 2 aromatic carbocycles. The number of ether oxygens (including phenoxy) is 3. The lowest BCUT2D eigenvalue weighted by molar-refractivity contribution is -0.138. The molecule has 0 spiro atoms. The molecule has 2 aliphatic rings. The maximum atomic E-state index is 12.6. The third-order valence-electron chi connectivity index (χ3n) is 6.81. The molecule has 5 rings (SSSR count). The van der Waals surface area contributed by atoms with Crippen molar-refractivity contribution < 1.29 is 23.8 Å². The summed E-state index contributed by atoms with van der Waals surface area (Å²) in [6.07, 6.45) is 1.99. The van der Waals surface area contributed by atoms with Crippen LogP contribution in [0.1, 0.15) is 55.7 Å². The molecule has 3 aromatic rings. The number of thiophene rings is 1. The number of benzene rings is 2. The number of anilines is 1. The molecule has 198 valence electrons. The number of nitrogens with one attached hydrogen (secondary N) is 1. The van der Waals surface area contributed by atoms with Gasteiger partial charge in [-0.1, -0.05) is 18.2 Å². The monoisotopic (exact) mass is 532 g/mol. The van der Waals surface area contributed by atoms with Gasteiger partial charge >= 0.3 is 5.97 Å². The lowest BCUT2D eigenvalue weighted by atomic mass is 9.81. The summed E-state index contributed by atoms with van der Waals surface area (Å²) in [5.74, 6) is 0.739. The average Bonchev–Trinajstić information content (AvgIpc) is 3.40. The molecule has 0 saturated heterocycles. The van der Waals surface area contributed by atoms with E-state index >= 15 is 0 Å². The van der Waals surface area contributed by atoms with Gasteiger partial charge in [0.25, 0.3) is 0 Å². The van der Waals surface area contributed by atoms with Crippen LogP contribution in [0, 0.1) is 0 Å². The third-order valence-corrected chi connectivity index (χ3v) is 7.72. The molecule has 1 amide bonds. The molecular weight excluding hydrogens is 500 g/mol. The summed E-state index contributed by atoms with van der Waals surface area (Å²) in [5, 5.41) is 5.70. The fourth-order valence-corrected chi connectivity index (χ4v) is 6.01. The zero-order chi connectivity index (χ0) is 27.2. The second-order valence-electron chi connectivity index (χ2n) is 10.4. The molecule has 0 bridgehead atoms. The molecule has 0 aliphatic carbocycles. The first-order chi connectivity index (χ1) is 18.1. The Kier molecular flexibility index (Phi) is 6.69. The molecule has 1 N–H and O–H groups in total. The zero-order valence-corrected chi connectivity index (χ0v) is 23.3. The summed E-state index contributed by atoms with van der Waals surface area (Å²) in [6, 6.07) is 11.8. The van der Waals surface area contributed by atoms with E-state index in [9.17, 15) is 9.59 Å². The molecule has 1 unspecified atom stereocenters. The van der Waals surface area contributed by atoms with Crippen LogP contribution in [0.2, 0.25) is 0 Å². The Bertz CT molecular complexity index is 1440. The molecule has 0 radical (unpaired) electrons. The van der Waals surface area contributed by atoms with Crippen LogP contribution in [0.25, 0.3) is 16.7 Å². The highest BCUT2D eigenvalue weighted by atomic mass is 32.1. The van der Waals surface area contributed by atoms with Crippen molar-refractivity contribution in [2.45, 2.75) is 45.3 Å². The molecule has 0 saturated carbocycles. The van der Waals surface area contributed by atoms with E-state index < -0.39 is 5.97 Å². The van der Waals surface area contributed by atoms with Crippen LogP contribution < -0.4 is 19.5 Å². The quantitative estimate of drug-likeness (QED) is 0.297.